The number of hydrogen-bond acceptors (Lipinski definition) is 2. The van der Waals surface area contributed by atoms with Crippen LogP contribution in [0.3, 0.4) is 0 Å². The standard InChI is InChI=1S/C12H14BrF2NO2/c1-12(2,3)18-6-11(17)16-10-4-7(13)8(14)5-9(10)15/h4-5H,6H2,1-3H3,(H,16,17). The zero-order valence-electron chi connectivity index (χ0n) is 10.3. The number of amides is 1. The topological polar surface area (TPSA) is 38.3 Å². The van der Waals surface area contributed by atoms with Crippen molar-refractivity contribution in [3.05, 3.63) is 28.2 Å². The molecule has 0 atom stereocenters. The Balaban J connectivity index is 2.68. The van der Waals surface area contributed by atoms with Gasteiger partial charge in [0.05, 0.1) is 15.8 Å². The van der Waals surface area contributed by atoms with E-state index in [1.165, 1.54) is 6.07 Å². The summed E-state index contributed by atoms with van der Waals surface area (Å²) >= 11 is 2.92. The molecule has 1 aromatic rings. The highest BCUT2D eigenvalue weighted by molar-refractivity contribution is 9.10. The number of ether oxygens (including phenoxy) is 1. The van der Waals surface area contributed by atoms with Crippen molar-refractivity contribution in [2.24, 2.45) is 0 Å². The van der Waals surface area contributed by atoms with E-state index < -0.39 is 23.1 Å². The summed E-state index contributed by atoms with van der Waals surface area (Å²) in [7, 11) is 0. The van der Waals surface area contributed by atoms with Crippen LogP contribution in [-0.4, -0.2) is 18.1 Å². The minimum absolute atomic E-state index is 0.0796. The van der Waals surface area contributed by atoms with E-state index in [-0.39, 0.29) is 16.8 Å². The fourth-order valence-corrected chi connectivity index (χ4v) is 1.43. The van der Waals surface area contributed by atoms with E-state index in [9.17, 15) is 13.6 Å². The van der Waals surface area contributed by atoms with E-state index in [1.807, 2.05) is 0 Å². The van der Waals surface area contributed by atoms with Crippen LogP contribution in [0.4, 0.5) is 14.5 Å². The normalized spacial score (nSPS) is 11.4. The molecule has 100 valence electrons. The predicted molar refractivity (Wildman–Crippen MR) is 68.4 cm³/mol. The first kappa shape index (κ1) is 15.0. The van der Waals surface area contributed by atoms with E-state index >= 15 is 0 Å². The maximum atomic E-state index is 13.3. The Morgan fingerprint density at radius 2 is 1.94 bits per heavy atom. The van der Waals surface area contributed by atoms with Crippen molar-refractivity contribution in [1.82, 2.24) is 0 Å². The first-order chi connectivity index (χ1) is 8.19. The summed E-state index contributed by atoms with van der Waals surface area (Å²) in [4.78, 5) is 11.5. The van der Waals surface area contributed by atoms with Gasteiger partial charge in [0.25, 0.3) is 0 Å². The summed E-state index contributed by atoms with van der Waals surface area (Å²) in [5, 5.41) is 2.32. The van der Waals surface area contributed by atoms with Crippen LogP contribution in [0.1, 0.15) is 20.8 Å². The van der Waals surface area contributed by atoms with Gasteiger partial charge in [0.2, 0.25) is 5.91 Å². The lowest BCUT2D eigenvalue weighted by Gasteiger charge is -2.19. The molecule has 1 rings (SSSR count). The lowest BCUT2D eigenvalue weighted by atomic mass is 10.2. The number of hydrogen-bond donors (Lipinski definition) is 1. The molecule has 0 spiro atoms. The van der Waals surface area contributed by atoms with Gasteiger partial charge in [-0.25, -0.2) is 8.78 Å². The van der Waals surface area contributed by atoms with Crippen LogP contribution in [0.5, 0.6) is 0 Å². The van der Waals surface area contributed by atoms with E-state index in [2.05, 4.69) is 21.2 Å². The summed E-state index contributed by atoms with van der Waals surface area (Å²) in [6.07, 6.45) is 0. The maximum absolute atomic E-state index is 13.3. The lowest BCUT2D eigenvalue weighted by Crippen LogP contribution is -2.27. The average Bonchev–Trinajstić information content (AvgIpc) is 2.22. The second-order valence-electron chi connectivity index (χ2n) is 4.70. The molecule has 0 heterocycles. The molecule has 1 N–H and O–H groups in total. The van der Waals surface area contributed by atoms with E-state index in [0.29, 0.717) is 6.07 Å². The van der Waals surface area contributed by atoms with Gasteiger partial charge in [-0.05, 0) is 42.8 Å². The molecule has 0 unspecified atom stereocenters. The first-order valence-electron chi connectivity index (χ1n) is 5.27. The van der Waals surface area contributed by atoms with E-state index in [1.54, 1.807) is 20.8 Å². The first-order valence-corrected chi connectivity index (χ1v) is 6.07. The second-order valence-corrected chi connectivity index (χ2v) is 5.55. The van der Waals surface area contributed by atoms with Gasteiger partial charge in [-0.1, -0.05) is 0 Å². The highest BCUT2D eigenvalue weighted by atomic mass is 79.9. The van der Waals surface area contributed by atoms with Crippen LogP contribution in [-0.2, 0) is 9.53 Å². The van der Waals surface area contributed by atoms with Crippen molar-refractivity contribution < 1.29 is 18.3 Å². The molecular weight excluding hydrogens is 308 g/mol. The minimum Gasteiger partial charge on any atom is -0.366 e. The fourth-order valence-electron chi connectivity index (χ4n) is 1.09. The molecule has 6 heteroatoms. The second kappa shape index (κ2) is 5.75. The van der Waals surface area contributed by atoms with Crippen molar-refractivity contribution in [3.8, 4) is 0 Å². The Labute approximate surface area is 113 Å². The molecule has 0 saturated heterocycles. The monoisotopic (exact) mass is 321 g/mol. The molecule has 0 aliphatic carbocycles. The predicted octanol–water partition coefficient (Wildman–Crippen LogP) is 3.48. The van der Waals surface area contributed by atoms with Gasteiger partial charge in [-0.3, -0.25) is 4.79 Å². The van der Waals surface area contributed by atoms with Crippen molar-refractivity contribution in [2.75, 3.05) is 11.9 Å². The molecular formula is C12H14BrF2NO2. The summed E-state index contributed by atoms with van der Waals surface area (Å²) in [5.41, 5.74) is -0.551. The van der Waals surface area contributed by atoms with Gasteiger partial charge in [0.15, 0.2) is 0 Å². The van der Waals surface area contributed by atoms with Crippen molar-refractivity contribution in [1.29, 1.82) is 0 Å². The van der Waals surface area contributed by atoms with Crippen molar-refractivity contribution >= 4 is 27.5 Å². The Bertz CT molecular complexity index is 458. The maximum Gasteiger partial charge on any atom is 0.250 e. The lowest BCUT2D eigenvalue weighted by molar-refractivity contribution is -0.125. The SMILES string of the molecule is CC(C)(C)OCC(=O)Nc1cc(Br)c(F)cc1F. The van der Waals surface area contributed by atoms with Crippen LogP contribution in [0, 0.1) is 11.6 Å². The number of rotatable bonds is 3. The van der Waals surface area contributed by atoms with Crippen LogP contribution < -0.4 is 5.32 Å². The molecule has 0 fully saturated rings. The zero-order chi connectivity index (χ0) is 13.9. The Morgan fingerprint density at radius 1 is 1.33 bits per heavy atom. The molecule has 18 heavy (non-hydrogen) atoms. The third kappa shape index (κ3) is 4.70. The number of carbonyl (C=O) groups is 1. The van der Waals surface area contributed by atoms with Crippen LogP contribution in [0.25, 0.3) is 0 Å². The number of nitrogens with one attached hydrogen (secondary N) is 1. The minimum atomic E-state index is -0.834. The number of halogens is 3. The molecule has 0 aliphatic rings. The highest BCUT2D eigenvalue weighted by Gasteiger charge is 2.15. The summed E-state index contributed by atoms with van der Waals surface area (Å²) in [5.74, 6) is -2.06. The Kier molecular flexibility index (Phi) is 4.81. The van der Waals surface area contributed by atoms with Gasteiger partial charge in [0.1, 0.15) is 18.2 Å². The Morgan fingerprint density at radius 3 is 2.50 bits per heavy atom. The molecule has 0 radical (unpaired) electrons. The van der Waals surface area contributed by atoms with Crippen LogP contribution in [0.15, 0.2) is 16.6 Å². The largest absolute Gasteiger partial charge is 0.366 e. The third-order valence-corrected chi connectivity index (χ3v) is 2.53. The Hall–Kier alpha value is -1.01. The number of anilines is 1. The molecule has 0 aromatic heterocycles. The average molecular weight is 322 g/mol. The fraction of sp³-hybridized carbons (Fsp3) is 0.417. The molecule has 3 nitrogen and oxygen atoms in total. The van der Waals surface area contributed by atoms with Crippen molar-refractivity contribution in [2.45, 2.75) is 26.4 Å². The van der Waals surface area contributed by atoms with Gasteiger partial charge < -0.3 is 10.1 Å². The van der Waals surface area contributed by atoms with E-state index in [4.69, 9.17) is 4.74 Å². The van der Waals surface area contributed by atoms with Crippen molar-refractivity contribution in [3.63, 3.8) is 0 Å². The van der Waals surface area contributed by atoms with E-state index in [0.717, 1.165) is 0 Å². The molecule has 0 saturated carbocycles. The smallest absolute Gasteiger partial charge is 0.250 e. The molecule has 1 amide bonds. The number of carbonyl (C=O) groups excluding carboxylic acids is 1. The molecule has 1 aromatic carbocycles. The van der Waals surface area contributed by atoms with Crippen LogP contribution >= 0.6 is 15.9 Å². The zero-order valence-corrected chi connectivity index (χ0v) is 11.9. The highest BCUT2D eigenvalue weighted by Crippen LogP contribution is 2.23. The van der Waals surface area contributed by atoms with Gasteiger partial charge >= 0.3 is 0 Å². The third-order valence-electron chi connectivity index (χ3n) is 1.92. The molecule has 0 aliphatic heterocycles. The van der Waals surface area contributed by atoms with Gasteiger partial charge in [0, 0.05) is 6.07 Å². The summed E-state index contributed by atoms with van der Waals surface area (Å²) in [6, 6.07) is 1.87. The van der Waals surface area contributed by atoms with Crippen LogP contribution in [0.2, 0.25) is 0 Å². The summed E-state index contributed by atoms with van der Waals surface area (Å²) in [6.45, 7) is 5.21. The quantitative estimate of drug-likeness (QED) is 0.865. The molecule has 0 bridgehead atoms. The van der Waals surface area contributed by atoms with Gasteiger partial charge in [-0.2, -0.15) is 0 Å². The number of benzene rings is 1. The van der Waals surface area contributed by atoms with Gasteiger partial charge in [-0.15, -0.1) is 0 Å². The summed E-state index contributed by atoms with van der Waals surface area (Å²) < 4.78 is 31.6.